The summed E-state index contributed by atoms with van der Waals surface area (Å²) in [6.45, 7) is 0.941. The number of amides is 1. The molecule has 7 heteroatoms. The fourth-order valence-corrected chi connectivity index (χ4v) is 2.63. The molecule has 3 rings (SSSR count). The Hall–Kier alpha value is -3.32. The van der Waals surface area contributed by atoms with Crippen molar-refractivity contribution in [1.29, 1.82) is 0 Å². The molecule has 2 aromatic carbocycles. The molecule has 0 bridgehead atoms. The third kappa shape index (κ3) is 4.27. The zero-order valence-electron chi connectivity index (χ0n) is 15.3. The zero-order valence-corrected chi connectivity index (χ0v) is 15.3. The van der Waals surface area contributed by atoms with Crippen LogP contribution in [0.1, 0.15) is 10.4 Å². The molecule has 3 aromatic rings. The van der Waals surface area contributed by atoms with Gasteiger partial charge < -0.3 is 20.5 Å². The molecule has 140 valence electrons. The van der Waals surface area contributed by atoms with Crippen molar-refractivity contribution in [2.45, 2.75) is 0 Å². The molecule has 1 amide bonds. The number of benzene rings is 2. The van der Waals surface area contributed by atoms with Gasteiger partial charge in [-0.1, -0.05) is 0 Å². The maximum absolute atomic E-state index is 12.1. The maximum atomic E-state index is 12.1. The molecule has 0 radical (unpaired) electrons. The van der Waals surface area contributed by atoms with Gasteiger partial charge in [0.2, 0.25) is 0 Å². The summed E-state index contributed by atoms with van der Waals surface area (Å²) in [6, 6.07) is 16.5. The van der Waals surface area contributed by atoms with Crippen molar-refractivity contribution in [2.75, 3.05) is 33.1 Å². The molecule has 27 heavy (non-hydrogen) atoms. The molecule has 7 nitrogen and oxygen atoms in total. The van der Waals surface area contributed by atoms with Crippen LogP contribution in [0.3, 0.4) is 0 Å². The summed E-state index contributed by atoms with van der Waals surface area (Å²) in [4.78, 5) is 12.1. The number of nitrogens with one attached hydrogen (secondary N) is 1. The topological polar surface area (TPSA) is 91.4 Å². The van der Waals surface area contributed by atoms with E-state index in [9.17, 15) is 4.79 Å². The Labute approximate surface area is 157 Å². The molecular weight excluding hydrogens is 344 g/mol. The molecule has 0 aliphatic rings. The van der Waals surface area contributed by atoms with Gasteiger partial charge in [0.25, 0.3) is 5.91 Å². The van der Waals surface area contributed by atoms with Crippen LogP contribution in [0, 0.1) is 0 Å². The lowest BCUT2D eigenvalue weighted by molar-refractivity contribution is 0.0937. The van der Waals surface area contributed by atoms with Crippen LogP contribution in [-0.2, 0) is 4.74 Å². The van der Waals surface area contributed by atoms with Crippen LogP contribution in [-0.4, -0.2) is 43.1 Å². The van der Waals surface area contributed by atoms with Crippen molar-refractivity contribution in [3.63, 3.8) is 0 Å². The highest BCUT2D eigenvalue weighted by atomic mass is 16.5. The van der Waals surface area contributed by atoms with Gasteiger partial charge in [0.05, 0.1) is 25.1 Å². The third-order valence-corrected chi connectivity index (χ3v) is 4.09. The summed E-state index contributed by atoms with van der Waals surface area (Å²) >= 11 is 0. The predicted molar refractivity (Wildman–Crippen MR) is 104 cm³/mol. The quantitative estimate of drug-likeness (QED) is 0.627. The number of aromatic nitrogens is 2. The second kappa shape index (κ2) is 8.37. The lowest BCUT2D eigenvalue weighted by Crippen LogP contribution is -2.26. The number of rotatable bonds is 7. The van der Waals surface area contributed by atoms with E-state index in [1.165, 1.54) is 0 Å². The maximum Gasteiger partial charge on any atom is 0.251 e. The van der Waals surface area contributed by atoms with Crippen molar-refractivity contribution in [3.05, 3.63) is 60.2 Å². The number of nitrogen functional groups attached to an aromatic ring is 1. The predicted octanol–water partition coefficient (Wildman–Crippen LogP) is 2.51. The van der Waals surface area contributed by atoms with E-state index in [2.05, 4.69) is 10.4 Å². The molecule has 0 aliphatic heterocycles. The molecule has 0 fully saturated rings. The van der Waals surface area contributed by atoms with E-state index < -0.39 is 0 Å². The van der Waals surface area contributed by atoms with E-state index in [0.29, 0.717) is 24.5 Å². The third-order valence-electron chi connectivity index (χ3n) is 4.09. The van der Waals surface area contributed by atoms with Crippen LogP contribution >= 0.6 is 0 Å². The standard InChI is InChI=1S/C20H22N4O3/c1-26-12-11-22-20(25)15-3-7-16(8-4-15)24-19(21)13-18(23-24)14-5-9-17(27-2)10-6-14/h3-10,13H,11-12,21H2,1-2H3,(H,22,25). The van der Waals surface area contributed by atoms with Crippen LogP contribution in [0.5, 0.6) is 5.75 Å². The molecule has 0 saturated heterocycles. The van der Waals surface area contributed by atoms with Crippen LogP contribution < -0.4 is 15.8 Å². The number of carbonyl (C=O) groups is 1. The van der Waals surface area contributed by atoms with Gasteiger partial charge >= 0.3 is 0 Å². The highest BCUT2D eigenvalue weighted by molar-refractivity contribution is 5.94. The average Bonchev–Trinajstić information content (AvgIpc) is 3.10. The van der Waals surface area contributed by atoms with Gasteiger partial charge in [-0.15, -0.1) is 0 Å². The molecule has 0 aliphatic carbocycles. The average molecular weight is 366 g/mol. The number of nitrogens with two attached hydrogens (primary N) is 1. The Balaban J connectivity index is 1.78. The minimum absolute atomic E-state index is 0.147. The van der Waals surface area contributed by atoms with Crippen LogP contribution in [0.25, 0.3) is 16.9 Å². The number of methoxy groups -OCH3 is 2. The van der Waals surface area contributed by atoms with Gasteiger partial charge in [-0.2, -0.15) is 5.10 Å². The Bertz CT molecular complexity index is 902. The molecular formula is C20H22N4O3. The van der Waals surface area contributed by atoms with E-state index in [1.54, 1.807) is 31.0 Å². The molecule has 0 spiro atoms. The SMILES string of the molecule is COCCNC(=O)c1ccc(-n2nc(-c3ccc(OC)cc3)cc2N)cc1. The molecule has 0 unspecified atom stereocenters. The molecule has 1 aromatic heterocycles. The minimum Gasteiger partial charge on any atom is -0.497 e. The molecule has 0 atom stereocenters. The van der Waals surface area contributed by atoms with Crippen molar-refractivity contribution >= 4 is 11.7 Å². The first kappa shape index (κ1) is 18.5. The van der Waals surface area contributed by atoms with Gasteiger partial charge in [-0.05, 0) is 48.5 Å². The summed E-state index contributed by atoms with van der Waals surface area (Å²) in [6.07, 6.45) is 0. The normalized spacial score (nSPS) is 10.6. The number of hydrogen-bond acceptors (Lipinski definition) is 5. The van der Waals surface area contributed by atoms with Gasteiger partial charge in [0, 0.05) is 30.8 Å². The Morgan fingerprint density at radius 1 is 1.11 bits per heavy atom. The first-order valence-electron chi connectivity index (χ1n) is 8.50. The zero-order chi connectivity index (χ0) is 19.2. The van der Waals surface area contributed by atoms with Gasteiger partial charge in [-0.25, -0.2) is 4.68 Å². The first-order valence-corrected chi connectivity index (χ1v) is 8.50. The van der Waals surface area contributed by atoms with Crippen molar-refractivity contribution in [2.24, 2.45) is 0 Å². The van der Waals surface area contributed by atoms with Gasteiger partial charge in [0.15, 0.2) is 0 Å². The van der Waals surface area contributed by atoms with E-state index in [-0.39, 0.29) is 5.91 Å². The number of ether oxygens (including phenoxy) is 2. The van der Waals surface area contributed by atoms with E-state index in [1.807, 2.05) is 42.5 Å². The monoisotopic (exact) mass is 366 g/mol. The largest absolute Gasteiger partial charge is 0.497 e. The smallest absolute Gasteiger partial charge is 0.251 e. The van der Waals surface area contributed by atoms with Gasteiger partial charge in [0.1, 0.15) is 11.6 Å². The summed E-state index contributed by atoms with van der Waals surface area (Å²) in [5, 5.41) is 7.36. The van der Waals surface area contributed by atoms with E-state index >= 15 is 0 Å². The highest BCUT2D eigenvalue weighted by Gasteiger charge is 2.10. The molecule has 3 N–H and O–H groups in total. The fourth-order valence-electron chi connectivity index (χ4n) is 2.63. The molecule has 0 saturated carbocycles. The first-order chi connectivity index (χ1) is 13.1. The van der Waals surface area contributed by atoms with Gasteiger partial charge in [-0.3, -0.25) is 4.79 Å². The minimum atomic E-state index is -0.147. The Morgan fingerprint density at radius 3 is 2.44 bits per heavy atom. The van der Waals surface area contributed by atoms with Crippen molar-refractivity contribution in [1.82, 2.24) is 15.1 Å². The van der Waals surface area contributed by atoms with E-state index in [4.69, 9.17) is 15.2 Å². The lowest BCUT2D eigenvalue weighted by Gasteiger charge is -2.07. The Kier molecular flexibility index (Phi) is 5.73. The summed E-state index contributed by atoms with van der Waals surface area (Å²) < 4.78 is 11.7. The second-order valence-electron chi connectivity index (χ2n) is 5.89. The van der Waals surface area contributed by atoms with Crippen LogP contribution in [0.4, 0.5) is 5.82 Å². The number of hydrogen-bond donors (Lipinski definition) is 2. The number of anilines is 1. The van der Waals surface area contributed by atoms with Crippen LogP contribution in [0.2, 0.25) is 0 Å². The van der Waals surface area contributed by atoms with Crippen LogP contribution in [0.15, 0.2) is 54.6 Å². The lowest BCUT2D eigenvalue weighted by atomic mass is 10.1. The van der Waals surface area contributed by atoms with Crippen molar-refractivity contribution in [3.8, 4) is 22.7 Å². The molecule has 1 heterocycles. The fraction of sp³-hybridized carbons (Fsp3) is 0.200. The number of nitrogens with zero attached hydrogens (tertiary/aromatic N) is 2. The highest BCUT2D eigenvalue weighted by Crippen LogP contribution is 2.25. The summed E-state index contributed by atoms with van der Waals surface area (Å²) in [5.41, 5.74) is 9.17. The Morgan fingerprint density at radius 2 is 1.81 bits per heavy atom. The van der Waals surface area contributed by atoms with Crippen molar-refractivity contribution < 1.29 is 14.3 Å². The summed E-state index contributed by atoms with van der Waals surface area (Å²) in [5.74, 6) is 1.15. The second-order valence-corrected chi connectivity index (χ2v) is 5.89. The van der Waals surface area contributed by atoms with E-state index in [0.717, 1.165) is 22.7 Å². The summed E-state index contributed by atoms with van der Waals surface area (Å²) in [7, 11) is 3.22. The number of carbonyl (C=O) groups excluding carboxylic acids is 1.